The van der Waals surface area contributed by atoms with Crippen LogP contribution in [0.4, 0.5) is 10.1 Å². The molecule has 0 heterocycles. The number of alkyl halides is 1. The fraction of sp³-hybridized carbons (Fsp3) is 0.273. The van der Waals surface area contributed by atoms with Crippen molar-refractivity contribution in [1.29, 1.82) is 0 Å². The molecule has 6 nitrogen and oxygen atoms in total. The highest BCUT2D eigenvalue weighted by Crippen LogP contribution is 2.14. The second-order valence-electron chi connectivity index (χ2n) is 3.28. The van der Waals surface area contributed by atoms with Crippen LogP contribution in [0.1, 0.15) is 17.3 Å². The summed E-state index contributed by atoms with van der Waals surface area (Å²) in [6.45, 7) is 1.45. The molecule has 1 aromatic carbocycles. The Hall–Kier alpha value is -2.31. The molecule has 0 saturated heterocycles. The first kappa shape index (κ1) is 13.8. The monoisotopic (exact) mass is 255 g/mol. The Labute approximate surface area is 102 Å². The number of hydrogen-bond acceptors (Lipinski definition) is 5. The van der Waals surface area contributed by atoms with Gasteiger partial charge in [0.15, 0.2) is 0 Å². The molecule has 0 amide bonds. The lowest BCUT2D eigenvalue weighted by atomic mass is 10.1. The van der Waals surface area contributed by atoms with E-state index in [1.807, 2.05) is 0 Å². The SMILES string of the molecule is CCOC(=O)C(F)C(=O)c1ccc([N+](=O)[O-])cc1. The lowest BCUT2D eigenvalue weighted by Crippen LogP contribution is -2.27. The summed E-state index contributed by atoms with van der Waals surface area (Å²) in [7, 11) is 0. The summed E-state index contributed by atoms with van der Waals surface area (Å²) in [5.41, 5.74) is -0.348. The average Bonchev–Trinajstić information content (AvgIpc) is 2.37. The van der Waals surface area contributed by atoms with Gasteiger partial charge in [0.1, 0.15) is 0 Å². The third-order valence-corrected chi connectivity index (χ3v) is 2.09. The number of ketones is 1. The molecule has 0 aliphatic rings. The van der Waals surface area contributed by atoms with E-state index in [-0.39, 0.29) is 17.9 Å². The molecule has 0 aliphatic heterocycles. The fourth-order valence-corrected chi connectivity index (χ4v) is 1.22. The van der Waals surface area contributed by atoms with Gasteiger partial charge < -0.3 is 4.74 Å². The normalized spacial score (nSPS) is 11.7. The van der Waals surface area contributed by atoms with Crippen LogP contribution in [0.5, 0.6) is 0 Å². The van der Waals surface area contributed by atoms with E-state index in [1.54, 1.807) is 0 Å². The fourth-order valence-electron chi connectivity index (χ4n) is 1.22. The number of nitro groups is 1. The zero-order chi connectivity index (χ0) is 13.7. The number of hydrogen-bond donors (Lipinski definition) is 0. The zero-order valence-electron chi connectivity index (χ0n) is 9.46. The van der Waals surface area contributed by atoms with E-state index < -0.39 is 22.8 Å². The van der Waals surface area contributed by atoms with E-state index in [2.05, 4.69) is 4.74 Å². The van der Waals surface area contributed by atoms with E-state index in [1.165, 1.54) is 6.92 Å². The van der Waals surface area contributed by atoms with Crippen molar-refractivity contribution >= 4 is 17.4 Å². The molecule has 0 N–H and O–H groups in total. The highest BCUT2D eigenvalue weighted by Gasteiger charge is 2.28. The number of esters is 1. The molecule has 0 radical (unpaired) electrons. The minimum Gasteiger partial charge on any atom is -0.463 e. The number of carbonyl (C=O) groups is 2. The number of rotatable bonds is 5. The lowest BCUT2D eigenvalue weighted by molar-refractivity contribution is -0.384. The van der Waals surface area contributed by atoms with Crippen molar-refractivity contribution in [3.8, 4) is 0 Å². The highest BCUT2D eigenvalue weighted by atomic mass is 19.1. The van der Waals surface area contributed by atoms with Crippen LogP contribution in [-0.4, -0.2) is 29.5 Å². The number of ether oxygens (including phenoxy) is 1. The van der Waals surface area contributed by atoms with E-state index in [4.69, 9.17) is 0 Å². The molecule has 18 heavy (non-hydrogen) atoms. The first-order valence-corrected chi connectivity index (χ1v) is 5.06. The smallest absolute Gasteiger partial charge is 0.348 e. The number of non-ortho nitro benzene ring substituents is 1. The molecule has 1 aromatic rings. The van der Waals surface area contributed by atoms with Gasteiger partial charge in [0.05, 0.1) is 11.5 Å². The van der Waals surface area contributed by atoms with Crippen LogP contribution in [0.15, 0.2) is 24.3 Å². The van der Waals surface area contributed by atoms with Gasteiger partial charge in [0.2, 0.25) is 5.78 Å². The van der Waals surface area contributed by atoms with Gasteiger partial charge in [0, 0.05) is 17.7 Å². The van der Waals surface area contributed by atoms with Gasteiger partial charge in [-0.05, 0) is 19.1 Å². The highest BCUT2D eigenvalue weighted by molar-refractivity contribution is 6.11. The molecule has 0 spiro atoms. The van der Waals surface area contributed by atoms with Crippen molar-refractivity contribution in [2.45, 2.75) is 13.1 Å². The van der Waals surface area contributed by atoms with Gasteiger partial charge in [-0.15, -0.1) is 0 Å². The minimum atomic E-state index is -2.41. The maximum atomic E-state index is 13.4. The number of Topliss-reactive ketones (excluding diaryl/α,β-unsaturated/α-hetero) is 1. The molecule has 0 bridgehead atoms. The molecule has 96 valence electrons. The Kier molecular flexibility index (Phi) is 4.47. The van der Waals surface area contributed by atoms with Crippen molar-refractivity contribution in [3.05, 3.63) is 39.9 Å². The van der Waals surface area contributed by atoms with Crippen molar-refractivity contribution < 1.29 is 23.6 Å². The Morgan fingerprint density at radius 3 is 2.39 bits per heavy atom. The number of carbonyl (C=O) groups excluding carboxylic acids is 2. The second kappa shape index (κ2) is 5.85. The van der Waals surface area contributed by atoms with Crippen LogP contribution in [0.2, 0.25) is 0 Å². The summed E-state index contributed by atoms with van der Waals surface area (Å²) < 4.78 is 17.7. The molecule has 0 fully saturated rings. The summed E-state index contributed by atoms with van der Waals surface area (Å²) in [5.74, 6) is -2.34. The van der Waals surface area contributed by atoms with Crippen LogP contribution < -0.4 is 0 Å². The molecular weight excluding hydrogens is 245 g/mol. The van der Waals surface area contributed by atoms with Gasteiger partial charge in [-0.1, -0.05) is 0 Å². The van der Waals surface area contributed by atoms with Gasteiger partial charge in [-0.2, -0.15) is 0 Å². The molecule has 7 heteroatoms. The first-order valence-electron chi connectivity index (χ1n) is 5.06. The summed E-state index contributed by atoms with van der Waals surface area (Å²) in [6, 6.07) is 4.30. The van der Waals surface area contributed by atoms with E-state index in [0.29, 0.717) is 0 Å². The summed E-state index contributed by atoms with van der Waals surface area (Å²) in [4.78, 5) is 32.2. The standard InChI is InChI=1S/C11H10FNO5/c1-2-18-11(15)9(12)10(14)7-3-5-8(6-4-7)13(16)17/h3-6,9H,2H2,1H3. The Morgan fingerprint density at radius 2 is 1.94 bits per heavy atom. The predicted molar refractivity (Wildman–Crippen MR) is 59.0 cm³/mol. The second-order valence-corrected chi connectivity index (χ2v) is 3.28. The number of nitro benzene ring substituents is 1. The molecule has 0 saturated carbocycles. The predicted octanol–water partition coefficient (Wildman–Crippen LogP) is 1.68. The van der Waals surface area contributed by atoms with E-state index in [9.17, 15) is 24.1 Å². The molecule has 1 unspecified atom stereocenters. The largest absolute Gasteiger partial charge is 0.463 e. The number of nitrogens with zero attached hydrogens (tertiary/aromatic N) is 1. The third kappa shape index (κ3) is 3.09. The van der Waals surface area contributed by atoms with Gasteiger partial charge in [-0.25, -0.2) is 9.18 Å². The van der Waals surface area contributed by atoms with E-state index >= 15 is 0 Å². The Morgan fingerprint density at radius 1 is 1.39 bits per heavy atom. The molecule has 0 aliphatic carbocycles. The van der Waals surface area contributed by atoms with Crippen LogP contribution in [0, 0.1) is 10.1 Å². The maximum Gasteiger partial charge on any atom is 0.348 e. The average molecular weight is 255 g/mol. The summed E-state index contributed by atoms with van der Waals surface area (Å²) >= 11 is 0. The molecule has 1 rings (SSSR count). The van der Waals surface area contributed by atoms with Crippen molar-refractivity contribution in [1.82, 2.24) is 0 Å². The van der Waals surface area contributed by atoms with Gasteiger partial charge >= 0.3 is 5.97 Å². The van der Waals surface area contributed by atoms with Crippen molar-refractivity contribution in [2.24, 2.45) is 0 Å². The van der Waals surface area contributed by atoms with E-state index in [0.717, 1.165) is 24.3 Å². The molecule has 1 atom stereocenters. The lowest BCUT2D eigenvalue weighted by Gasteiger charge is -2.06. The molecular formula is C11H10FNO5. The minimum absolute atomic E-state index is 0.0349. The third-order valence-electron chi connectivity index (χ3n) is 2.09. The van der Waals surface area contributed by atoms with Crippen LogP contribution >= 0.6 is 0 Å². The Bertz CT molecular complexity index is 471. The maximum absolute atomic E-state index is 13.4. The quantitative estimate of drug-likeness (QED) is 0.262. The van der Waals surface area contributed by atoms with Crippen molar-refractivity contribution in [3.63, 3.8) is 0 Å². The van der Waals surface area contributed by atoms with Crippen LogP contribution in [-0.2, 0) is 9.53 Å². The number of halogens is 1. The zero-order valence-corrected chi connectivity index (χ0v) is 9.46. The van der Waals surface area contributed by atoms with Crippen molar-refractivity contribution in [2.75, 3.05) is 6.61 Å². The number of benzene rings is 1. The molecule has 0 aromatic heterocycles. The van der Waals surface area contributed by atoms with Crippen LogP contribution in [0.25, 0.3) is 0 Å². The first-order chi connectivity index (χ1) is 8.47. The summed E-state index contributed by atoms with van der Waals surface area (Å²) in [6.07, 6.45) is -2.41. The summed E-state index contributed by atoms with van der Waals surface area (Å²) in [5, 5.41) is 10.4. The van der Waals surface area contributed by atoms with Crippen LogP contribution in [0.3, 0.4) is 0 Å². The van der Waals surface area contributed by atoms with Gasteiger partial charge in [-0.3, -0.25) is 14.9 Å². The van der Waals surface area contributed by atoms with Gasteiger partial charge in [0.25, 0.3) is 11.9 Å². The topological polar surface area (TPSA) is 86.5 Å². The Balaban J connectivity index is 2.84.